The summed E-state index contributed by atoms with van der Waals surface area (Å²) < 4.78 is 0. The summed E-state index contributed by atoms with van der Waals surface area (Å²) >= 11 is 0. The van der Waals surface area contributed by atoms with E-state index in [1.807, 2.05) is 0 Å². The molecule has 92 valence electrons. The van der Waals surface area contributed by atoms with Crippen molar-refractivity contribution in [1.29, 1.82) is 0 Å². The number of rotatable bonds is 6. The van der Waals surface area contributed by atoms with E-state index in [-0.39, 0.29) is 5.41 Å². The van der Waals surface area contributed by atoms with E-state index in [4.69, 9.17) is 0 Å². The molecule has 0 saturated heterocycles. The van der Waals surface area contributed by atoms with Crippen molar-refractivity contribution in [3.05, 3.63) is 12.2 Å². The van der Waals surface area contributed by atoms with Crippen LogP contribution >= 0.6 is 0 Å². The molecule has 0 unspecified atom stereocenters. The van der Waals surface area contributed by atoms with Crippen molar-refractivity contribution in [1.82, 2.24) is 0 Å². The first kappa shape index (κ1) is 13.5. The van der Waals surface area contributed by atoms with Crippen molar-refractivity contribution in [3.8, 4) is 0 Å². The standard InChI is InChI=1S/C15H26O/c1-3-15(2,11-7-13-16)12-10-14-8-5-4-6-9-14/h10,12-14H,3-9,11H2,1-2H3/b12-10+/t15-/m1/s1. The largest absolute Gasteiger partial charge is 0.303 e. The zero-order chi connectivity index (χ0) is 11.9. The van der Waals surface area contributed by atoms with E-state index in [1.54, 1.807) is 0 Å². The number of allylic oxidation sites excluding steroid dienone is 2. The summed E-state index contributed by atoms with van der Waals surface area (Å²) in [5.74, 6) is 0.802. The van der Waals surface area contributed by atoms with Gasteiger partial charge in [-0.15, -0.1) is 0 Å². The lowest BCUT2D eigenvalue weighted by Gasteiger charge is -2.25. The summed E-state index contributed by atoms with van der Waals surface area (Å²) in [6.45, 7) is 4.49. The molecule has 1 nitrogen and oxygen atoms in total. The minimum Gasteiger partial charge on any atom is -0.303 e. The summed E-state index contributed by atoms with van der Waals surface area (Å²) in [5.41, 5.74) is 0.234. The number of hydrogen-bond acceptors (Lipinski definition) is 1. The van der Waals surface area contributed by atoms with Gasteiger partial charge in [-0.2, -0.15) is 0 Å². The molecule has 0 radical (unpaired) electrons. The molecule has 0 amide bonds. The van der Waals surface area contributed by atoms with Gasteiger partial charge in [0, 0.05) is 6.42 Å². The zero-order valence-electron chi connectivity index (χ0n) is 10.9. The van der Waals surface area contributed by atoms with Gasteiger partial charge in [0.25, 0.3) is 0 Å². The first-order valence-corrected chi connectivity index (χ1v) is 6.83. The van der Waals surface area contributed by atoms with E-state index in [2.05, 4.69) is 26.0 Å². The van der Waals surface area contributed by atoms with Crippen LogP contribution in [0.2, 0.25) is 0 Å². The van der Waals surface area contributed by atoms with Crippen LogP contribution in [0.15, 0.2) is 12.2 Å². The molecule has 1 rings (SSSR count). The Kier molecular flexibility index (Phi) is 5.79. The molecule has 1 saturated carbocycles. The van der Waals surface area contributed by atoms with Crippen LogP contribution in [0.5, 0.6) is 0 Å². The topological polar surface area (TPSA) is 17.1 Å². The smallest absolute Gasteiger partial charge is 0.120 e. The predicted octanol–water partition coefficient (Wildman–Crippen LogP) is 4.52. The lowest BCUT2D eigenvalue weighted by molar-refractivity contribution is -0.108. The van der Waals surface area contributed by atoms with Crippen molar-refractivity contribution >= 4 is 6.29 Å². The molecule has 0 aromatic rings. The summed E-state index contributed by atoms with van der Waals surface area (Å²) in [4.78, 5) is 10.4. The zero-order valence-corrected chi connectivity index (χ0v) is 10.9. The van der Waals surface area contributed by atoms with Gasteiger partial charge in [-0.05, 0) is 37.0 Å². The number of carbonyl (C=O) groups is 1. The minimum absolute atomic E-state index is 0.234. The van der Waals surface area contributed by atoms with Gasteiger partial charge in [0.1, 0.15) is 6.29 Å². The van der Waals surface area contributed by atoms with E-state index in [9.17, 15) is 4.79 Å². The van der Waals surface area contributed by atoms with Crippen molar-refractivity contribution in [2.24, 2.45) is 11.3 Å². The highest BCUT2D eigenvalue weighted by Gasteiger charge is 2.19. The molecule has 0 spiro atoms. The predicted molar refractivity (Wildman–Crippen MR) is 69.4 cm³/mol. The molecule has 0 heterocycles. The first-order chi connectivity index (χ1) is 7.70. The van der Waals surface area contributed by atoms with Crippen LogP contribution in [0.3, 0.4) is 0 Å². The van der Waals surface area contributed by atoms with Gasteiger partial charge >= 0.3 is 0 Å². The molecular formula is C15H26O. The van der Waals surface area contributed by atoms with E-state index in [1.165, 1.54) is 32.1 Å². The molecule has 1 heteroatoms. The molecule has 1 aliphatic rings. The van der Waals surface area contributed by atoms with Crippen LogP contribution in [0.1, 0.15) is 65.2 Å². The minimum atomic E-state index is 0.234. The van der Waals surface area contributed by atoms with E-state index >= 15 is 0 Å². The number of hydrogen-bond donors (Lipinski definition) is 0. The van der Waals surface area contributed by atoms with Crippen LogP contribution in [0.25, 0.3) is 0 Å². The quantitative estimate of drug-likeness (QED) is 0.477. The fourth-order valence-electron chi connectivity index (χ4n) is 2.46. The van der Waals surface area contributed by atoms with Crippen molar-refractivity contribution in [3.63, 3.8) is 0 Å². The SMILES string of the molecule is CC[C@@](C)(/C=C/C1CCCCC1)CCC=O. The van der Waals surface area contributed by atoms with Crippen LogP contribution in [0.4, 0.5) is 0 Å². The molecule has 0 bridgehead atoms. The average molecular weight is 222 g/mol. The normalized spacial score (nSPS) is 22.1. The first-order valence-electron chi connectivity index (χ1n) is 6.83. The molecule has 1 fully saturated rings. The lowest BCUT2D eigenvalue weighted by Crippen LogP contribution is -2.13. The molecule has 1 atom stereocenters. The van der Waals surface area contributed by atoms with E-state index < -0.39 is 0 Å². The highest BCUT2D eigenvalue weighted by atomic mass is 16.1. The second-order valence-electron chi connectivity index (χ2n) is 5.47. The van der Waals surface area contributed by atoms with Gasteiger partial charge in [-0.25, -0.2) is 0 Å². The van der Waals surface area contributed by atoms with Gasteiger partial charge in [-0.3, -0.25) is 0 Å². The van der Waals surface area contributed by atoms with E-state index in [0.717, 1.165) is 25.0 Å². The maximum Gasteiger partial charge on any atom is 0.120 e. The third-order valence-corrected chi connectivity index (χ3v) is 4.06. The third-order valence-electron chi connectivity index (χ3n) is 4.06. The fourth-order valence-corrected chi connectivity index (χ4v) is 2.46. The Hall–Kier alpha value is -0.590. The molecule has 0 aliphatic heterocycles. The molecule has 1 aliphatic carbocycles. The second kappa shape index (κ2) is 6.88. The average Bonchev–Trinajstić information content (AvgIpc) is 2.35. The van der Waals surface area contributed by atoms with Crippen LogP contribution in [-0.4, -0.2) is 6.29 Å². The molecule has 0 aromatic carbocycles. The number of carbonyl (C=O) groups excluding carboxylic acids is 1. The van der Waals surface area contributed by atoms with Gasteiger partial charge in [-0.1, -0.05) is 45.3 Å². The summed E-state index contributed by atoms with van der Waals surface area (Å²) in [6, 6.07) is 0. The maximum atomic E-state index is 10.4. The van der Waals surface area contributed by atoms with Crippen molar-refractivity contribution < 1.29 is 4.79 Å². The maximum absolute atomic E-state index is 10.4. The Morgan fingerprint density at radius 2 is 1.94 bits per heavy atom. The molecule has 16 heavy (non-hydrogen) atoms. The van der Waals surface area contributed by atoms with Gasteiger partial charge in [0.15, 0.2) is 0 Å². The Labute approximate surface area is 100 Å². The highest BCUT2D eigenvalue weighted by molar-refractivity contribution is 5.49. The Balaban J connectivity index is 2.45. The fraction of sp³-hybridized carbons (Fsp3) is 0.800. The van der Waals surface area contributed by atoms with Crippen LogP contribution in [-0.2, 0) is 4.79 Å². The van der Waals surface area contributed by atoms with Crippen molar-refractivity contribution in [2.75, 3.05) is 0 Å². The van der Waals surface area contributed by atoms with Crippen LogP contribution in [0, 0.1) is 11.3 Å². The summed E-state index contributed by atoms with van der Waals surface area (Å²) in [7, 11) is 0. The summed E-state index contributed by atoms with van der Waals surface area (Å²) in [5, 5.41) is 0. The monoisotopic (exact) mass is 222 g/mol. The Morgan fingerprint density at radius 1 is 1.25 bits per heavy atom. The van der Waals surface area contributed by atoms with Crippen LogP contribution < -0.4 is 0 Å². The van der Waals surface area contributed by atoms with Crippen molar-refractivity contribution in [2.45, 2.75) is 65.2 Å². The Morgan fingerprint density at radius 3 is 2.50 bits per heavy atom. The Bertz CT molecular complexity index is 226. The van der Waals surface area contributed by atoms with Gasteiger partial charge in [0.2, 0.25) is 0 Å². The van der Waals surface area contributed by atoms with E-state index in [0.29, 0.717) is 6.42 Å². The third kappa shape index (κ3) is 4.51. The highest BCUT2D eigenvalue weighted by Crippen LogP contribution is 2.31. The molecule has 0 aromatic heterocycles. The van der Waals surface area contributed by atoms with Gasteiger partial charge in [0.05, 0.1) is 0 Å². The lowest BCUT2D eigenvalue weighted by atomic mass is 9.80. The van der Waals surface area contributed by atoms with Gasteiger partial charge < -0.3 is 4.79 Å². The second-order valence-corrected chi connectivity index (χ2v) is 5.47. The molecule has 0 N–H and O–H groups in total. The number of aldehydes is 1. The summed E-state index contributed by atoms with van der Waals surface area (Å²) in [6.07, 6.45) is 15.6. The molecular weight excluding hydrogens is 196 g/mol.